The van der Waals surface area contributed by atoms with Crippen LogP contribution in [-0.2, 0) is 4.79 Å². The average molecular weight is 346 g/mol. The fourth-order valence-corrected chi connectivity index (χ4v) is 4.11. The van der Waals surface area contributed by atoms with Gasteiger partial charge in [0, 0.05) is 31.1 Å². The highest BCUT2D eigenvalue weighted by atomic mass is 19.2. The largest absolute Gasteiger partial charge is 0.364 e. The summed E-state index contributed by atoms with van der Waals surface area (Å²) < 4.78 is 26.7. The van der Waals surface area contributed by atoms with Gasteiger partial charge in [0.25, 0.3) is 0 Å². The standard InChI is InChI=1S/C18H20F2N4O/c1-2-18(25)24-9-10-3-4-16(24)15(5-10)23-17-8-21-13-6-11(19)12(20)7-14(13)22-17/h6-8,10,15-16H,2-5,9H2,1H3,(H,22,23). The molecule has 1 saturated carbocycles. The number of carbonyl (C=O) groups is 1. The molecule has 1 aliphatic carbocycles. The van der Waals surface area contributed by atoms with E-state index >= 15 is 0 Å². The molecule has 7 heteroatoms. The third-order valence-corrected chi connectivity index (χ3v) is 5.32. The van der Waals surface area contributed by atoms with Crippen molar-refractivity contribution in [3.8, 4) is 0 Å². The lowest BCUT2D eigenvalue weighted by atomic mass is 9.76. The summed E-state index contributed by atoms with van der Waals surface area (Å²) in [5.41, 5.74) is 0.628. The topological polar surface area (TPSA) is 58.1 Å². The van der Waals surface area contributed by atoms with Gasteiger partial charge in [-0.3, -0.25) is 9.78 Å². The van der Waals surface area contributed by atoms with E-state index in [1.165, 1.54) is 6.20 Å². The summed E-state index contributed by atoms with van der Waals surface area (Å²) in [4.78, 5) is 22.7. The van der Waals surface area contributed by atoms with Crippen molar-refractivity contribution >= 4 is 22.8 Å². The lowest BCUT2D eigenvalue weighted by Crippen LogP contribution is -2.59. The van der Waals surface area contributed by atoms with Crippen molar-refractivity contribution in [1.29, 1.82) is 0 Å². The van der Waals surface area contributed by atoms with E-state index in [0.29, 0.717) is 29.2 Å². The number of anilines is 1. The SMILES string of the molecule is CCC(=O)N1CC2CCC1C(Nc1cnc3cc(F)c(F)cc3n1)C2. The first-order valence-corrected chi connectivity index (χ1v) is 8.73. The molecule has 0 radical (unpaired) electrons. The number of piperidine rings is 2. The number of rotatable bonds is 3. The van der Waals surface area contributed by atoms with Crippen LogP contribution in [0.4, 0.5) is 14.6 Å². The van der Waals surface area contributed by atoms with E-state index in [2.05, 4.69) is 15.3 Å². The molecule has 25 heavy (non-hydrogen) atoms. The van der Waals surface area contributed by atoms with Crippen molar-refractivity contribution in [3.05, 3.63) is 30.0 Å². The zero-order valence-corrected chi connectivity index (χ0v) is 14.0. The molecule has 2 bridgehead atoms. The number of hydrogen-bond donors (Lipinski definition) is 1. The van der Waals surface area contributed by atoms with Crippen LogP contribution in [0.5, 0.6) is 0 Å². The van der Waals surface area contributed by atoms with Crippen LogP contribution in [0.15, 0.2) is 18.3 Å². The second-order valence-electron chi connectivity index (χ2n) is 6.91. The predicted octanol–water partition coefficient (Wildman–Crippen LogP) is 3.11. The Bertz CT molecular complexity index is 828. The Kier molecular flexibility index (Phi) is 4.01. The number of nitrogens with one attached hydrogen (secondary N) is 1. The normalized spacial score (nSPS) is 25.4. The summed E-state index contributed by atoms with van der Waals surface area (Å²) in [5.74, 6) is -0.655. The van der Waals surface area contributed by atoms with Crippen LogP contribution < -0.4 is 5.32 Å². The number of fused-ring (bicyclic) bond motifs is 4. The van der Waals surface area contributed by atoms with Crippen LogP contribution in [0.1, 0.15) is 32.6 Å². The molecule has 1 amide bonds. The molecular formula is C18H20F2N4O. The van der Waals surface area contributed by atoms with E-state index in [4.69, 9.17) is 0 Å². The lowest BCUT2D eigenvalue weighted by Gasteiger charge is -2.50. The van der Waals surface area contributed by atoms with Crippen LogP contribution in [0, 0.1) is 17.6 Å². The van der Waals surface area contributed by atoms with E-state index in [1.54, 1.807) is 0 Å². The molecule has 3 heterocycles. The number of amides is 1. The molecule has 3 fully saturated rings. The maximum absolute atomic E-state index is 13.4. The molecule has 1 aromatic heterocycles. The minimum absolute atomic E-state index is 0.111. The van der Waals surface area contributed by atoms with Crippen molar-refractivity contribution in [1.82, 2.24) is 14.9 Å². The van der Waals surface area contributed by atoms with Gasteiger partial charge in [0.05, 0.1) is 23.3 Å². The molecule has 2 aromatic rings. The average Bonchev–Trinajstić information content (AvgIpc) is 2.62. The maximum atomic E-state index is 13.4. The van der Waals surface area contributed by atoms with Gasteiger partial charge in [0.15, 0.2) is 11.6 Å². The van der Waals surface area contributed by atoms with Crippen LogP contribution in [0.3, 0.4) is 0 Å². The fourth-order valence-electron chi connectivity index (χ4n) is 4.11. The first-order valence-electron chi connectivity index (χ1n) is 8.73. The molecule has 3 aliphatic rings. The molecule has 5 rings (SSSR count). The van der Waals surface area contributed by atoms with Gasteiger partial charge in [0.2, 0.25) is 5.91 Å². The number of carbonyl (C=O) groups excluding carboxylic acids is 1. The highest BCUT2D eigenvalue weighted by Gasteiger charge is 2.42. The fraction of sp³-hybridized carbons (Fsp3) is 0.500. The highest BCUT2D eigenvalue weighted by molar-refractivity contribution is 5.77. The van der Waals surface area contributed by atoms with Gasteiger partial charge < -0.3 is 10.2 Å². The summed E-state index contributed by atoms with van der Waals surface area (Å²) in [6, 6.07) is 2.37. The monoisotopic (exact) mass is 346 g/mol. The molecule has 3 unspecified atom stereocenters. The van der Waals surface area contributed by atoms with E-state index < -0.39 is 11.6 Å². The van der Waals surface area contributed by atoms with Gasteiger partial charge in [-0.05, 0) is 25.2 Å². The smallest absolute Gasteiger partial charge is 0.222 e. The minimum atomic E-state index is -0.935. The van der Waals surface area contributed by atoms with Gasteiger partial charge in [-0.1, -0.05) is 6.92 Å². The molecule has 2 saturated heterocycles. The Morgan fingerprint density at radius 2 is 2.04 bits per heavy atom. The highest BCUT2D eigenvalue weighted by Crippen LogP contribution is 2.36. The number of halogens is 2. The second kappa shape index (κ2) is 6.20. The summed E-state index contributed by atoms with van der Waals surface area (Å²) in [6.07, 6.45) is 5.15. The molecule has 132 valence electrons. The first kappa shape index (κ1) is 16.2. The van der Waals surface area contributed by atoms with Crippen molar-refractivity contribution in [2.45, 2.75) is 44.7 Å². The van der Waals surface area contributed by atoms with E-state index in [0.717, 1.165) is 37.9 Å². The number of nitrogens with zero attached hydrogens (tertiary/aromatic N) is 3. The summed E-state index contributed by atoms with van der Waals surface area (Å²) in [6.45, 7) is 2.72. The molecule has 1 aromatic carbocycles. The Morgan fingerprint density at radius 3 is 2.76 bits per heavy atom. The lowest BCUT2D eigenvalue weighted by molar-refractivity contribution is -0.138. The van der Waals surface area contributed by atoms with Crippen LogP contribution in [0.25, 0.3) is 11.0 Å². The summed E-state index contributed by atoms with van der Waals surface area (Å²) >= 11 is 0. The van der Waals surface area contributed by atoms with Gasteiger partial charge in [-0.2, -0.15) is 0 Å². The molecule has 5 nitrogen and oxygen atoms in total. The minimum Gasteiger partial charge on any atom is -0.364 e. The van der Waals surface area contributed by atoms with Crippen LogP contribution in [-0.4, -0.2) is 39.4 Å². The number of benzene rings is 1. The van der Waals surface area contributed by atoms with E-state index in [-0.39, 0.29) is 18.0 Å². The Balaban J connectivity index is 1.58. The second-order valence-corrected chi connectivity index (χ2v) is 6.91. The molecule has 3 atom stereocenters. The molecular weight excluding hydrogens is 326 g/mol. The van der Waals surface area contributed by atoms with Crippen molar-refractivity contribution in [2.24, 2.45) is 5.92 Å². The van der Waals surface area contributed by atoms with Gasteiger partial charge in [0.1, 0.15) is 5.82 Å². The molecule has 2 aliphatic heterocycles. The maximum Gasteiger partial charge on any atom is 0.222 e. The Morgan fingerprint density at radius 1 is 1.28 bits per heavy atom. The zero-order valence-electron chi connectivity index (χ0n) is 14.0. The predicted molar refractivity (Wildman–Crippen MR) is 90.0 cm³/mol. The third-order valence-electron chi connectivity index (χ3n) is 5.32. The van der Waals surface area contributed by atoms with Crippen LogP contribution in [0.2, 0.25) is 0 Å². The Hall–Kier alpha value is -2.31. The van der Waals surface area contributed by atoms with Gasteiger partial charge in [-0.15, -0.1) is 0 Å². The quantitative estimate of drug-likeness (QED) is 0.928. The molecule has 1 N–H and O–H groups in total. The number of aromatic nitrogens is 2. The van der Waals surface area contributed by atoms with Crippen molar-refractivity contribution in [3.63, 3.8) is 0 Å². The van der Waals surface area contributed by atoms with Gasteiger partial charge >= 0.3 is 0 Å². The third kappa shape index (κ3) is 2.92. The molecule has 0 spiro atoms. The van der Waals surface area contributed by atoms with E-state index in [1.807, 2.05) is 11.8 Å². The summed E-state index contributed by atoms with van der Waals surface area (Å²) in [7, 11) is 0. The summed E-state index contributed by atoms with van der Waals surface area (Å²) in [5, 5.41) is 3.36. The zero-order chi connectivity index (χ0) is 17.6. The van der Waals surface area contributed by atoms with E-state index in [9.17, 15) is 13.6 Å². The van der Waals surface area contributed by atoms with Crippen molar-refractivity contribution in [2.75, 3.05) is 11.9 Å². The van der Waals surface area contributed by atoms with Gasteiger partial charge in [-0.25, -0.2) is 13.8 Å². The van der Waals surface area contributed by atoms with Crippen molar-refractivity contribution < 1.29 is 13.6 Å². The Labute approximate surface area is 144 Å². The van der Waals surface area contributed by atoms with Crippen LogP contribution >= 0.6 is 0 Å². The first-order chi connectivity index (χ1) is 12.0. The number of hydrogen-bond acceptors (Lipinski definition) is 4.